The van der Waals surface area contributed by atoms with Crippen molar-refractivity contribution in [3.05, 3.63) is 17.8 Å². The zero-order valence-corrected chi connectivity index (χ0v) is 8.38. The number of nitrogens with zero attached hydrogens (tertiary/aromatic N) is 1. The molecule has 0 saturated heterocycles. The molecule has 1 aliphatic carbocycles. The van der Waals surface area contributed by atoms with Crippen LogP contribution in [0.15, 0.2) is 10.6 Å². The summed E-state index contributed by atoms with van der Waals surface area (Å²) >= 11 is 5.33. The summed E-state index contributed by atoms with van der Waals surface area (Å²) in [6, 6.07) is 0. The SMILES string of the molecule is O=C(CCl)NCc1cnc(C2CC2)o1. The van der Waals surface area contributed by atoms with Gasteiger partial charge in [0.15, 0.2) is 5.89 Å². The zero-order chi connectivity index (χ0) is 9.97. The molecule has 4 nitrogen and oxygen atoms in total. The highest BCUT2D eigenvalue weighted by molar-refractivity contribution is 6.27. The van der Waals surface area contributed by atoms with Crippen molar-refractivity contribution in [3.8, 4) is 0 Å². The van der Waals surface area contributed by atoms with E-state index in [1.807, 2.05) is 0 Å². The van der Waals surface area contributed by atoms with Gasteiger partial charge >= 0.3 is 0 Å². The number of aromatic nitrogens is 1. The average Bonchev–Trinajstić information content (AvgIpc) is 2.95. The van der Waals surface area contributed by atoms with Crippen LogP contribution in [0.1, 0.15) is 30.4 Å². The van der Waals surface area contributed by atoms with Crippen molar-refractivity contribution in [2.45, 2.75) is 25.3 Å². The van der Waals surface area contributed by atoms with Gasteiger partial charge in [-0.25, -0.2) is 4.98 Å². The van der Waals surface area contributed by atoms with Crippen LogP contribution in [0.2, 0.25) is 0 Å². The third kappa shape index (κ3) is 2.26. The number of amides is 1. The molecule has 0 aromatic carbocycles. The Bertz CT molecular complexity index is 333. The minimum Gasteiger partial charge on any atom is -0.444 e. The third-order valence-electron chi connectivity index (χ3n) is 2.08. The molecule has 0 unspecified atom stereocenters. The second kappa shape index (κ2) is 4.00. The quantitative estimate of drug-likeness (QED) is 0.771. The molecule has 1 aliphatic rings. The fourth-order valence-electron chi connectivity index (χ4n) is 1.16. The van der Waals surface area contributed by atoms with E-state index in [1.54, 1.807) is 6.20 Å². The molecular formula is C9H11ClN2O2. The molecule has 76 valence electrons. The van der Waals surface area contributed by atoms with Gasteiger partial charge in [-0.3, -0.25) is 4.79 Å². The molecular weight excluding hydrogens is 204 g/mol. The normalized spacial score (nSPS) is 15.5. The van der Waals surface area contributed by atoms with Crippen LogP contribution in [0, 0.1) is 0 Å². The molecule has 1 aromatic heterocycles. The molecule has 0 bridgehead atoms. The van der Waals surface area contributed by atoms with Crippen molar-refractivity contribution in [3.63, 3.8) is 0 Å². The number of halogens is 1. The van der Waals surface area contributed by atoms with Crippen LogP contribution >= 0.6 is 11.6 Å². The first-order valence-electron chi connectivity index (χ1n) is 4.57. The van der Waals surface area contributed by atoms with Crippen molar-refractivity contribution in [2.24, 2.45) is 0 Å². The van der Waals surface area contributed by atoms with Crippen molar-refractivity contribution in [2.75, 3.05) is 5.88 Å². The van der Waals surface area contributed by atoms with E-state index < -0.39 is 0 Å². The summed E-state index contributed by atoms with van der Waals surface area (Å²) in [5.74, 6) is 1.76. The monoisotopic (exact) mass is 214 g/mol. The number of hydrogen-bond donors (Lipinski definition) is 1. The standard InChI is InChI=1S/C9H11ClN2O2/c10-3-8(13)11-4-7-5-12-9(14-7)6-1-2-6/h5-6H,1-4H2,(H,11,13). The Labute approximate surface area is 86.6 Å². The molecule has 0 atom stereocenters. The lowest BCUT2D eigenvalue weighted by Gasteiger charge is -1.97. The van der Waals surface area contributed by atoms with Crippen LogP contribution in [0.5, 0.6) is 0 Å². The maximum Gasteiger partial charge on any atom is 0.235 e. The topological polar surface area (TPSA) is 55.1 Å². The summed E-state index contributed by atoms with van der Waals surface area (Å²) in [5, 5.41) is 2.62. The van der Waals surface area contributed by atoms with E-state index in [2.05, 4.69) is 10.3 Å². The zero-order valence-electron chi connectivity index (χ0n) is 7.62. The predicted octanol–water partition coefficient (Wildman–Crippen LogP) is 1.41. The second-order valence-electron chi connectivity index (χ2n) is 3.35. The Morgan fingerprint density at radius 2 is 2.50 bits per heavy atom. The number of nitrogens with one attached hydrogen (secondary N) is 1. The Morgan fingerprint density at radius 3 is 3.14 bits per heavy atom. The molecule has 0 spiro atoms. The number of alkyl halides is 1. The van der Waals surface area contributed by atoms with Crippen LogP contribution in [-0.2, 0) is 11.3 Å². The van der Waals surface area contributed by atoms with Crippen molar-refractivity contribution >= 4 is 17.5 Å². The summed E-state index contributed by atoms with van der Waals surface area (Å²) in [4.78, 5) is 15.0. The molecule has 1 heterocycles. The average molecular weight is 215 g/mol. The number of rotatable bonds is 4. The highest BCUT2D eigenvalue weighted by Crippen LogP contribution is 2.39. The van der Waals surface area contributed by atoms with E-state index in [1.165, 1.54) is 0 Å². The van der Waals surface area contributed by atoms with Crippen molar-refractivity contribution < 1.29 is 9.21 Å². The van der Waals surface area contributed by atoms with Gasteiger partial charge in [-0.1, -0.05) is 0 Å². The molecule has 14 heavy (non-hydrogen) atoms. The molecule has 5 heteroatoms. The van der Waals surface area contributed by atoms with Crippen LogP contribution < -0.4 is 5.32 Å². The van der Waals surface area contributed by atoms with Gasteiger partial charge in [-0.2, -0.15) is 0 Å². The Hall–Kier alpha value is -1.03. The lowest BCUT2D eigenvalue weighted by molar-refractivity contribution is -0.118. The third-order valence-corrected chi connectivity index (χ3v) is 2.32. The van der Waals surface area contributed by atoms with Gasteiger partial charge in [-0.05, 0) is 12.8 Å². The molecule has 0 aliphatic heterocycles. The summed E-state index contributed by atoms with van der Waals surface area (Å²) in [7, 11) is 0. The highest BCUT2D eigenvalue weighted by Gasteiger charge is 2.28. The summed E-state index contributed by atoms with van der Waals surface area (Å²) in [6.07, 6.45) is 3.98. The van der Waals surface area contributed by atoms with Gasteiger partial charge in [0.2, 0.25) is 5.91 Å². The minimum atomic E-state index is -0.198. The Balaban J connectivity index is 1.86. The first-order valence-corrected chi connectivity index (χ1v) is 5.10. The molecule has 2 rings (SSSR count). The molecule has 1 saturated carbocycles. The van der Waals surface area contributed by atoms with Crippen molar-refractivity contribution in [1.29, 1.82) is 0 Å². The molecule has 1 N–H and O–H groups in total. The second-order valence-corrected chi connectivity index (χ2v) is 3.62. The number of carbonyl (C=O) groups excluding carboxylic acids is 1. The van der Waals surface area contributed by atoms with E-state index in [0.717, 1.165) is 18.7 Å². The number of oxazole rings is 1. The molecule has 1 aromatic rings. The molecule has 1 fully saturated rings. The van der Waals surface area contributed by atoms with E-state index in [-0.39, 0.29) is 11.8 Å². The highest BCUT2D eigenvalue weighted by atomic mass is 35.5. The summed E-state index contributed by atoms with van der Waals surface area (Å²) in [6.45, 7) is 0.366. The maximum atomic E-state index is 10.8. The predicted molar refractivity (Wildman–Crippen MR) is 51.0 cm³/mol. The number of carbonyl (C=O) groups is 1. The van der Waals surface area contributed by atoms with Gasteiger partial charge in [0.25, 0.3) is 0 Å². The van der Waals surface area contributed by atoms with E-state index in [0.29, 0.717) is 18.2 Å². The van der Waals surface area contributed by atoms with Crippen LogP contribution in [0.4, 0.5) is 0 Å². The maximum absolute atomic E-state index is 10.8. The van der Waals surface area contributed by atoms with Gasteiger partial charge in [0, 0.05) is 5.92 Å². The summed E-state index contributed by atoms with van der Waals surface area (Å²) in [5.41, 5.74) is 0. The van der Waals surface area contributed by atoms with Crippen LogP contribution in [0.25, 0.3) is 0 Å². The minimum absolute atomic E-state index is 0.0242. The Kier molecular flexibility index (Phi) is 2.72. The fraction of sp³-hybridized carbons (Fsp3) is 0.556. The molecule has 0 radical (unpaired) electrons. The van der Waals surface area contributed by atoms with Gasteiger partial charge in [0.1, 0.15) is 11.6 Å². The van der Waals surface area contributed by atoms with E-state index in [4.69, 9.17) is 16.0 Å². The smallest absolute Gasteiger partial charge is 0.235 e. The van der Waals surface area contributed by atoms with Crippen LogP contribution in [-0.4, -0.2) is 16.8 Å². The lowest BCUT2D eigenvalue weighted by atomic mass is 10.4. The number of hydrogen-bond acceptors (Lipinski definition) is 3. The summed E-state index contributed by atoms with van der Waals surface area (Å²) < 4.78 is 5.43. The first-order chi connectivity index (χ1) is 6.79. The van der Waals surface area contributed by atoms with Crippen LogP contribution in [0.3, 0.4) is 0 Å². The van der Waals surface area contributed by atoms with Gasteiger partial charge in [-0.15, -0.1) is 11.6 Å². The largest absolute Gasteiger partial charge is 0.444 e. The van der Waals surface area contributed by atoms with E-state index in [9.17, 15) is 4.79 Å². The van der Waals surface area contributed by atoms with Crippen molar-refractivity contribution in [1.82, 2.24) is 10.3 Å². The van der Waals surface area contributed by atoms with E-state index >= 15 is 0 Å². The van der Waals surface area contributed by atoms with Gasteiger partial charge in [0.05, 0.1) is 12.7 Å². The lowest BCUT2D eigenvalue weighted by Crippen LogP contribution is -2.23. The Morgan fingerprint density at radius 1 is 1.71 bits per heavy atom. The first kappa shape index (κ1) is 9.52. The fourth-order valence-corrected chi connectivity index (χ4v) is 1.25. The molecule has 1 amide bonds. The van der Waals surface area contributed by atoms with Gasteiger partial charge < -0.3 is 9.73 Å².